The molecule has 0 aliphatic heterocycles. The van der Waals surface area contributed by atoms with Crippen LogP contribution in [0.3, 0.4) is 0 Å². The summed E-state index contributed by atoms with van der Waals surface area (Å²) in [4.78, 5) is 3.92. The zero-order valence-electron chi connectivity index (χ0n) is 8.14. The van der Waals surface area contributed by atoms with Crippen molar-refractivity contribution < 1.29 is 14.4 Å². The van der Waals surface area contributed by atoms with Crippen LogP contribution in [0, 0.1) is 4.78 Å². The van der Waals surface area contributed by atoms with Crippen molar-refractivity contribution in [1.82, 2.24) is 4.98 Å². The van der Waals surface area contributed by atoms with Crippen LogP contribution in [0.5, 0.6) is 0 Å². The first-order valence-corrected chi connectivity index (χ1v) is 6.52. The van der Waals surface area contributed by atoms with Gasteiger partial charge >= 0.3 is 0 Å². The molecule has 1 atom stereocenters. The van der Waals surface area contributed by atoms with Gasteiger partial charge in [0.05, 0.1) is 24.8 Å². The predicted molar refractivity (Wildman–Crippen MR) is 57.0 cm³/mol. The Bertz CT molecular complexity index is 436. The maximum atomic E-state index is 11.2. The molecular formula is C7H13N3O3S2. The highest BCUT2D eigenvalue weighted by Gasteiger charge is 2.29. The molecule has 0 amide bonds. The van der Waals surface area contributed by atoms with Gasteiger partial charge in [0.25, 0.3) is 0 Å². The van der Waals surface area contributed by atoms with Gasteiger partial charge in [0.15, 0.2) is 0 Å². The summed E-state index contributed by atoms with van der Waals surface area (Å²) in [5, 5.41) is 23.8. The minimum absolute atomic E-state index is 0.144. The molecule has 1 rings (SSSR count). The maximum Gasteiger partial charge on any atom is 0.143 e. The average Bonchev–Trinajstić information content (AvgIpc) is 2.65. The van der Waals surface area contributed by atoms with E-state index in [0.29, 0.717) is 5.01 Å². The molecule has 0 fully saturated rings. The first-order chi connectivity index (χ1) is 6.83. The second kappa shape index (κ2) is 4.14. The fourth-order valence-electron chi connectivity index (χ4n) is 0.864. The Hall–Kier alpha value is -0.540. The highest BCUT2D eigenvalue weighted by molar-refractivity contribution is 7.92. The van der Waals surface area contributed by atoms with Crippen molar-refractivity contribution in [2.24, 2.45) is 5.14 Å². The van der Waals surface area contributed by atoms with E-state index < -0.39 is 15.3 Å². The van der Waals surface area contributed by atoms with Gasteiger partial charge in [-0.2, -0.15) is 0 Å². The summed E-state index contributed by atoms with van der Waals surface area (Å²) in [5.74, 6) is 0. The van der Waals surface area contributed by atoms with Crippen molar-refractivity contribution in [1.29, 1.82) is 4.78 Å². The lowest BCUT2D eigenvalue weighted by Crippen LogP contribution is -2.30. The Morgan fingerprint density at radius 3 is 2.53 bits per heavy atom. The lowest BCUT2D eigenvalue weighted by Gasteiger charge is -2.21. The summed E-state index contributed by atoms with van der Waals surface area (Å²) in [7, 11) is -3.27. The topological polar surface area (TPSA) is 120 Å². The third-order valence-corrected chi connectivity index (χ3v) is 4.79. The molecule has 0 aromatic carbocycles. The van der Waals surface area contributed by atoms with E-state index in [9.17, 15) is 4.21 Å². The lowest BCUT2D eigenvalue weighted by atomic mass is 9.94. The molecule has 5 N–H and O–H groups in total. The molecule has 15 heavy (non-hydrogen) atoms. The third kappa shape index (κ3) is 2.52. The number of aromatic nitrogens is 1. The largest absolute Gasteiger partial charge is 0.395 e. The smallest absolute Gasteiger partial charge is 0.143 e. The number of thiazole rings is 1. The summed E-state index contributed by atoms with van der Waals surface area (Å²) >= 11 is 0.977. The molecule has 1 heterocycles. The highest BCUT2D eigenvalue weighted by atomic mass is 32.2. The van der Waals surface area contributed by atoms with Crippen LogP contribution in [-0.4, -0.2) is 32.6 Å². The fraction of sp³-hybridized carbons (Fsp3) is 0.571. The van der Waals surface area contributed by atoms with E-state index in [1.165, 1.54) is 6.20 Å². The second-order valence-electron chi connectivity index (χ2n) is 3.46. The maximum absolute atomic E-state index is 11.2. The van der Waals surface area contributed by atoms with E-state index in [1.54, 1.807) is 6.92 Å². The van der Waals surface area contributed by atoms with Crippen molar-refractivity contribution in [3.8, 4) is 0 Å². The summed E-state index contributed by atoms with van der Waals surface area (Å²) in [6, 6.07) is 0. The van der Waals surface area contributed by atoms with Gasteiger partial charge in [0, 0.05) is 0 Å². The van der Waals surface area contributed by atoms with Crippen LogP contribution in [0.15, 0.2) is 10.4 Å². The van der Waals surface area contributed by atoms with Crippen LogP contribution >= 0.6 is 11.3 Å². The lowest BCUT2D eigenvalue weighted by molar-refractivity contribution is 0.129. The Kier molecular flexibility index (Phi) is 3.46. The minimum Gasteiger partial charge on any atom is -0.395 e. The van der Waals surface area contributed by atoms with Crippen LogP contribution in [-0.2, 0) is 15.3 Å². The van der Waals surface area contributed by atoms with Crippen LogP contribution in [0.25, 0.3) is 0 Å². The Morgan fingerprint density at radius 1 is 1.67 bits per heavy atom. The van der Waals surface area contributed by atoms with Gasteiger partial charge in [-0.15, -0.1) is 11.3 Å². The first-order valence-electron chi connectivity index (χ1n) is 4.08. The Morgan fingerprint density at radius 2 is 2.20 bits per heavy atom. The molecule has 0 radical (unpaired) electrons. The van der Waals surface area contributed by atoms with E-state index in [-0.39, 0.29) is 17.4 Å². The van der Waals surface area contributed by atoms with Crippen molar-refractivity contribution >= 4 is 21.3 Å². The Balaban J connectivity index is 3.14. The van der Waals surface area contributed by atoms with Gasteiger partial charge < -0.3 is 10.2 Å². The van der Waals surface area contributed by atoms with E-state index in [4.69, 9.17) is 20.1 Å². The third-order valence-electron chi connectivity index (χ3n) is 2.00. The predicted octanol–water partition coefficient (Wildman–Crippen LogP) is -0.335. The summed E-state index contributed by atoms with van der Waals surface area (Å²) in [5.41, 5.74) is -0.881. The number of hydrogen-bond donors (Lipinski definition) is 4. The van der Waals surface area contributed by atoms with Crippen LogP contribution < -0.4 is 5.14 Å². The fourth-order valence-corrected chi connectivity index (χ4v) is 2.58. The van der Waals surface area contributed by atoms with Crippen LogP contribution in [0.4, 0.5) is 0 Å². The molecule has 0 aliphatic carbocycles. The molecule has 0 saturated carbocycles. The number of nitrogens with two attached hydrogens (primary N) is 1. The van der Waals surface area contributed by atoms with E-state index in [0.717, 1.165) is 11.3 Å². The quantitative estimate of drug-likeness (QED) is 0.585. The number of nitrogens with one attached hydrogen (secondary N) is 1. The average molecular weight is 251 g/mol. The molecule has 0 bridgehead atoms. The number of aliphatic hydroxyl groups excluding tert-OH is 2. The van der Waals surface area contributed by atoms with Crippen molar-refractivity contribution in [3.63, 3.8) is 0 Å². The molecule has 0 saturated heterocycles. The molecule has 1 aromatic rings. The van der Waals surface area contributed by atoms with Gasteiger partial charge in [-0.25, -0.2) is 19.1 Å². The summed E-state index contributed by atoms with van der Waals surface area (Å²) < 4.78 is 18.5. The number of nitrogens with zero attached hydrogens (tertiary/aromatic N) is 1. The van der Waals surface area contributed by atoms with Gasteiger partial charge in [0.2, 0.25) is 0 Å². The molecule has 86 valence electrons. The summed E-state index contributed by atoms with van der Waals surface area (Å²) in [6.45, 7) is 1.07. The van der Waals surface area contributed by atoms with Gasteiger partial charge in [0.1, 0.15) is 19.1 Å². The standard InChI is InChI=1S/C7H13N3O3S2/c1-7(3-11,4-12)6-10-2-5(14-6)15(8,9)13/h2,11-12H,3-4H2,1H3,(H3,8,9,13). The van der Waals surface area contributed by atoms with E-state index in [2.05, 4.69) is 4.98 Å². The van der Waals surface area contributed by atoms with Crippen LogP contribution in [0.1, 0.15) is 11.9 Å². The molecule has 0 aliphatic rings. The molecule has 8 heteroatoms. The van der Waals surface area contributed by atoms with Gasteiger partial charge in [-0.05, 0) is 6.92 Å². The first kappa shape index (κ1) is 12.5. The molecule has 1 unspecified atom stereocenters. The van der Waals surface area contributed by atoms with Crippen molar-refractivity contribution in [2.45, 2.75) is 16.5 Å². The highest BCUT2D eigenvalue weighted by Crippen LogP contribution is 2.28. The Labute approximate surface area is 91.9 Å². The second-order valence-corrected chi connectivity index (χ2v) is 6.39. The molecular weight excluding hydrogens is 238 g/mol. The molecule has 0 spiro atoms. The minimum atomic E-state index is -3.27. The zero-order valence-corrected chi connectivity index (χ0v) is 9.77. The zero-order chi connectivity index (χ0) is 11.7. The van der Waals surface area contributed by atoms with Crippen LogP contribution in [0.2, 0.25) is 0 Å². The normalized spacial score (nSPS) is 16.3. The monoisotopic (exact) mass is 251 g/mol. The number of hydrogen-bond acceptors (Lipinski definition) is 6. The SMILES string of the molecule is CC(CO)(CO)c1ncc(S(=N)(N)=O)s1. The number of aliphatic hydroxyl groups is 2. The van der Waals surface area contributed by atoms with E-state index >= 15 is 0 Å². The van der Waals surface area contributed by atoms with Crippen molar-refractivity contribution in [2.75, 3.05) is 13.2 Å². The molecule has 6 nitrogen and oxygen atoms in total. The van der Waals surface area contributed by atoms with Gasteiger partial charge in [-0.3, -0.25) is 0 Å². The van der Waals surface area contributed by atoms with E-state index in [1.807, 2.05) is 0 Å². The van der Waals surface area contributed by atoms with Gasteiger partial charge in [-0.1, -0.05) is 0 Å². The number of rotatable bonds is 4. The molecule has 1 aromatic heterocycles. The van der Waals surface area contributed by atoms with Crippen molar-refractivity contribution in [3.05, 3.63) is 11.2 Å². The summed E-state index contributed by atoms with van der Waals surface area (Å²) in [6.07, 6.45) is 1.25.